The Hall–Kier alpha value is -1.07. The van der Waals surface area contributed by atoms with E-state index in [-0.39, 0.29) is 19.1 Å². The van der Waals surface area contributed by atoms with E-state index < -0.39 is 5.41 Å². The van der Waals surface area contributed by atoms with Gasteiger partial charge in [0.2, 0.25) is 5.91 Å². The first-order valence-corrected chi connectivity index (χ1v) is 8.31. The lowest BCUT2D eigenvalue weighted by molar-refractivity contribution is -0.146. The third-order valence-corrected chi connectivity index (χ3v) is 4.80. The second-order valence-electron chi connectivity index (χ2n) is 6.14. The number of benzene rings is 1. The second-order valence-corrected chi connectivity index (χ2v) is 6.98. The van der Waals surface area contributed by atoms with Gasteiger partial charge >= 0.3 is 0 Å². The van der Waals surface area contributed by atoms with Gasteiger partial charge in [-0.15, -0.1) is 0 Å². The number of amides is 1. The Morgan fingerprint density at radius 2 is 1.87 bits per heavy atom. The van der Waals surface area contributed by atoms with Crippen LogP contribution in [0.15, 0.2) is 23.8 Å². The first kappa shape index (κ1) is 18.3. The Morgan fingerprint density at radius 3 is 2.43 bits per heavy atom. The van der Waals surface area contributed by atoms with Gasteiger partial charge in [-0.3, -0.25) is 4.79 Å². The van der Waals surface area contributed by atoms with E-state index in [0.29, 0.717) is 23.1 Å². The molecule has 0 radical (unpaired) electrons. The minimum Gasteiger partial charge on any atom is -0.395 e. The van der Waals surface area contributed by atoms with Gasteiger partial charge in [0.05, 0.1) is 18.6 Å². The van der Waals surface area contributed by atoms with Crippen molar-refractivity contribution in [2.75, 3.05) is 26.3 Å². The molecule has 0 spiro atoms. The average molecular weight is 358 g/mol. The summed E-state index contributed by atoms with van der Waals surface area (Å²) in [6, 6.07) is 5.34. The van der Waals surface area contributed by atoms with Crippen LogP contribution in [0, 0.1) is 5.41 Å². The number of likely N-dealkylation sites (tertiary alicyclic amines) is 1. The van der Waals surface area contributed by atoms with Gasteiger partial charge in [-0.1, -0.05) is 34.9 Å². The summed E-state index contributed by atoms with van der Waals surface area (Å²) in [6.07, 6.45) is 3.50. The van der Waals surface area contributed by atoms with Crippen molar-refractivity contribution < 1.29 is 15.0 Å². The third kappa shape index (κ3) is 4.27. The van der Waals surface area contributed by atoms with Crippen molar-refractivity contribution in [1.29, 1.82) is 0 Å². The van der Waals surface area contributed by atoms with E-state index in [1.165, 1.54) is 5.57 Å². The molecule has 1 aromatic carbocycles. The number of halogens is 2. The van der Waals surface area contributed by atoms with E-state index in [9.17, 15) is 15.0 Å². The maximum absolute atomic E-state index is 12.4. The highest BCUT2D eigenvalue weighted by molar-refractivity contribution is 6.34. The smallest absolute Gasteiger partial charge is 0.233 e. The predicted molar refractivity (Wildman–Crippen MR) is 92.5 cm³/mol. The number of piperidine rings is 1. The molecule has 0 aromatic heterocycles. The molecule has 1 aliphatic rings. The summed E-state index contributed by atoms with van der Waals surface area (Å²) >= 11 is 12.2. The van der Waals surface area contributed by atoms with Crippen molar-refractivity contribution in [1.82, 2.24) is 4.90 Å². The summed E-state index contributed by atoms with van der Waals surface area (Å²) in [5, 5.41) is 20.0. The van der Waals surface area contributed by atoms with Crippen molar-refractivity contribution in [3.05, 3.63) is 39.4 Å². The summed E-state index contributed by atoms with van der Waals surface area (Å²) in [5.74, 6) is -0.206. The van der Waals surface area contributed by atoms with Crippen LogP contribution >= 0.6 is 23.2 Å². The summed E-state index contributed by atoms with van der Waals surface area (Å²) in [6.45, 7) is 1.99. The van der Waals surface area contributed by atoms with Crippen molar-refractivity contribution >= 4 is 35.2 Å². The van der Waals surface area contributed by atoms with Crippen molar-refractivity contribution in [2.24, 2.45) is 5.41 Å². The summed E-state index contributed by atoms with van der Waals surface area (Å²) < 4.78 is 0. The highest BCUT2D eigenvalue weighted by atomic mass is 35.5. The topological polar surface area (TPSA) is 60.8 Å². The van der Waals surface area contributed by atoms with Crippen LogP contribution in [0.25, 0.3) is 6.08 Å². The molecule has 1 heterocycles. The normalized spacial score (nSPS) is 15.7. The molecule has 1 fully saturated rings. The first-order chi connectivity index (χ1) is 10.9. The van der Waals surface area contributed by atoms with Crippen LogP contribution < -0.4 is 0 Å². The molecule has 0 unspecified atom stereocenters. The van der Waals surface area contributed by atoms with E-state index in [0.717, 1.165) is 18.4 Å². The molecule has 0 aliphatic carbocycles. The van der Waals surface area contributed by atoms with Gasteiger partial charge in [0.15, 0.2) is 0 Å². The number of aliphatic hydroxyl groups is 2. The largest absolute Gasteiger partial charge is 0.395 e. The van der Waals surface area contributed by atoms with Gasteiger partial charge < -0.3 is 15.1 Å². The van der Waals surface area contributed by atoms with Crippen LogP contribution in [0.4, 0.5) is 0 Å². The molecule has 1 aromatic rings. The van der Waals surface area contributed by atoms with Gasteiger partial charge in [-0.05, 0) is 43.5 Å². The SMILES string of the molecule is CC(CO)(CO)C(=O)N1CCC(=Cc2cc(Cl)ccc2Cl)CC1. The van der Waals surface area contributed by atoms with Crippen LogP contribution in [0.1, 0.15) is 25.3 Å². The van der Waals surface area contributed by atoms with Gasteiger partial charge in [0.1, 0.15) is 0 Å². The zero-order valence-corrected chi connectivity index (χ0v) is 14.6. The lowest BCUT2D eigenvalue weighted by Gasteiger charge is -2.35. The third-order valence-electron chi connectivity index (χ3n) is 4.22. The Bertz CT molecular complexity index is 602. The quantitative estimate of drug-likeness (QED) is 0.870. The molecular weight excluding hydrogens is 337 g/mol. The maximum atomic E-state index is 12.4. The van der Waals surface area contributed by atoms with Crippen LogP contribution in [0.5, 0.6) is 0 Å². The van der Waals surface area contributed by atoms with Crippen LogP contribution in [-0.4, -0.2) is 47.3 Å². The number of carbonyl (C=O) groups is 1. The highest BCUT2D eigenvalue weighted by Gasteiger charge is 2.36. The fourth-order valence-electron chi connectivity index (χ4n) is 2.55. The molecule has 23 heavy (non-hydrogen) atoms. The summed E-state index contributed by atoms with van der Waals surface area (Å²) in [5.41, 5.74) is 0.967. The molecule has 0 atom stereocenters. The molecule has 0 bridgehead atoms. The average Bonchev–Trinajstić information content (AvgIpc) is 2.57. The number of nitrogens with zero attached hydrogens (tertiary/aromatic N) is 1. The lowest BCUT2D eigenvalue weighted by atomic mass is 9.89. The minimum atomic E-state index is -1.11. The standard InChI is InChI=1S/C17H21Cl2NO3/c1-17(10-21,11-22)16(23)20-6-4-12(5-7-20)8-13-9-14(18)2-3-15(13)19/h2-3,8-9,21-22H,4-7,10-11H2,1H3. The van der Waals surface area contributed by atoms with Crippen molar-refractivity contribution in [2.45, 2.75) is 19.8 Å². The van der Waals surface area contributed by atoms with E-state index in [1.54, 1.807) is 24.0 Å². The Balaban J connectivity index is 2.05. The maximum Gasteiger partial charge on any atom is 0.233 e. The Morgan fingerprint density at radius 1 is 1.26 bits per heavy atom. The molecule has 1 aliphatic heterocycles. The number of carbonyl (C=O) groups excluding carboxylic acids is 1. The molecule has 2 N–H and O–H groups in total. The van der Waals surface area contributed by atoms with Gasteiger partial charge in [0, 0.05) is 23.1 Å². The van der Waals surface area contributed by atoms with Crippen molar-refractivity contribution in [3.63, 3.8) is 0 Å². The van der Waals surface area contributed by atoms with Crippen molar-refractivity contribution in [3.8, 4) is 0 Å². The van der Waals surface area contributed by atoms with E-state index in [4.69, 9.17) is 23.2 Å². The minimum absolute atomic E-state index is 0.206. The van der Waals surface area contributed by atoms with E-state index in [2.05, 4.69) is 0 Å². The fraction of sp³-hybridized carbons (Fsp3) is 0.471. The number of aliphatic hydroxyl groups excluding tert-OH is 2. The predicted octanol–water partition coefficient (Wildman–Crippen LogP) is 2.99. The molecule has 126 valence electrons. The molecule has 0 saturated carbocycles. The molecular formula is C17H21Cl2NO3. The number of rotatable bonds is 4. The van der Waals surface area contributed by atoms with Gasteiger partial charge in [-0.25, -0.2) is 0 Å². The molecule has 4 nitrogen and oxygen atoms in total. The van der Waals surface area contributed by atoms with Crippen LogP contribution in [0.2, 0.25) is 10.0 Å². The molecule has 6 heteroatoms. The fourth-order valence-corrected chi connectivity index (χ4v) is 2.91. The summed E-state index contributed by atoms with van der Waals surface area (Å²) in [4.78, 5) is 14.1. The summed E-state index contributed by atoms with van der Waals surface area (Å²) in [7, 11) is 0. The van der Waals surface area contributed by atoms with Gasteiger partial charge in [0.25, 0.3) is 0 Å². The molecule has 1 saturated heterocycles. The molecule has 2 rings (SSSR count). The van der Waals surface area contributed by atoms with E-state index >= 15 is 0 Å². The number of hydrogen-bond donors (Lipinski definition) is 2. The molecule has 1 amide bonds. The lowest BCUT2D eigenvalue weighted by Crippen LogP contribution is -2.48. The van der Waals surface area contributed by atoms with Crippen LogP contribution in [-0.2, 0) is 4.79 Å². The monoisotopic (exact) mass is 357 g/mol. The first-order valence-electron chi connectivity index (χ1n) is 7.55. The second kappa shape index (κ2) is 7.67. The van der Waals surface area contributed by atoms with Gasteiger partial charge in [-0.2, -0.15) is 0 Å². The Labute approximate surface area is 146 Å². The Kier molecular flexibility index (Phi) is 6.09. The zero-order chi connectivity index (χ0) is 17.0. The van der Waals surface area contributed by atoms with E-state index in [1.807, 2.05) is 12.1 Å². The van der Waals surface area contributed by atoms with Crippen LogP contribution in [0.3, 0.4) is 0 Å². The number of hydrogen-bond acceptors (Lipinski definition) is 3. The zero-order valence-electron chi connectivity index (χ0n) is 13.1. The highest BCUT2D eigenvalue weighted by Crippen LogP contribution is 2.28.